The second kappa shape index (κ2) is 11.4. The maximum atomic E-state index is 12.9. The van der Waals surface area contributed by atoms with Gasteiger partial charge in [-0.15, -0.1) is 12.4 Å². The number of halogens is 1. The summed E-state index contributed by atoms with van der Waals surface area (Å²) in [6.07, 6.45) is 4.00. The summed E-state index contributed by atoms with van der Waals surface area (Å²) in [7, 11) is 0. The van der Waals surface area contributed by atoms with Gasteiger partial charge in [0.05, 0.1) is 12.6 Å². The molecule has 162 valence electrons. The van der Waals surface area contributed by atoms with E-state index >= 15 is 0 Å². The SMILES string of the molecule is CC(C)COc1ccc(C(=O)N2CCCC(CNC(=O)C3CCCN3)C2)cc1.Cl. The van der Waals surface area contributed by atoms with Gasteiger partial charge in [-0.25, -0.2) is 0 Å². The molecule has 7 heteroatoms. The average Bonchev–Trinajstić information content (AvgIpc) is 3.25. The smallest absolute Gasteiger partial charge is 0.253 e. The van der Waals surface area contributed by atoms with Gasteiger partial charge < -0.3 is 20.3 Å². The van der Waals surface area contributed by atoms with E-state index < -0.39 is 0 Å². The molecule has 3 rings (SSSR count). The van der Waals surface area contributed by atoms with Crippen molar-refractivity contribution in [2.24, 2.45) is 11.8 Å². The molecule has 1 aromatic carbocycles. The number of rotatable bonds is 7. The molecule has 0 saturated carbocycles. The lowest BCUT2D eigenvalue weighted by atomic mass is 9.97. The largest absolute Gasteiger partial charge is 0.493 e. The van der Waals surface area contributed by atoms with Crippen LogP contribution in [0, 0.1) is 11.8 Å². The third kappa shape index (κ3) is 6.89. The van der Waals surface area contributed by atoms with Crippen LogP contribution in [0.3, 0.4) is 0 Å². The Balaban J connectivity index is 0.00000300. The zero-order valence-corrected chi connectivity index (χ0v) is 18.3. The lowest BCUT2D eigenvalue weighted by molar-refractivity contribution is -0.123. The molecule has 0 bridgehead atoms. The summed E-state index contributed by atoms with van der Waals surface area (Å²) >= 11 is 0. The van der Waals surface area contributed by atoms with Gasteiger partial charge in [-0.05, 0) is 68.3 Å². The number of carbonyl (C=O) groups is 2. The molecule has 2 aliphatic heterocycles. The normalized spacial score (nSPS) is 21.6. The molecule has 2 N–H and O–H groups in total. The molecule has 29 heavy (non-hydrogen) atoms. The van der Waals surface area contributed by atoms with Crippen LogP contribution in [-0.4, -0.2) is 55.5 Å². The summed E-state index contributed by atoms with van der Waals surface area (Å²) in [6, 6.07) is 7.37. The lowest BCUT2D eigenvalue weighted by Crippen LogP contribution is -2.46. The molecule has 2 atom stereocenters. The second-order valence-corrected chi connectivity index (χ2v) is 8.38. The molecule has 2 heterocycles. The molecule has 0 aliphatic carbocycles. The molecule has 2 unspecified atom stereocenters. The van der Waals surface area contributed by atoms with Gasteiger partial charge in [0.25, 0.3) is 5.91 Å². The summed E-state index contributed by atoms with van der Waals surface area (Å²) in [5.74, 6) is 1.74. The Bertz CT molecular complexity index is 660. The first-order valence-electron chi connectivity index (χ1n) is 10.6. The van der Waals surface area contributed by atoms with E-state index in [2.05, 4.69) is 24.5 Å². The minimum absolute atomic E-state index is 0. The molecule has 2 aliphatic rings. The minimum atomic E-state index is -0.0437. The van der Waals surface area contributed by atoms with Gasteiger partial charge in [-0.1, -0.05) is 13.8 Å². The number of piperidine rings is 1. The third-order valence-electron chi connectivity index (χ3n) is 5.43. The molecule has 1 aromatic rings. The van der Waals surface area contributed by atoms with E-state index in [1.807, 2.05) is 29.2 Å². The number of likely N-dealkylation sites (tertiary alicyclic amines) is 1. The van der Waals surface area contributed by atoms with Gasteiger partial charge in [0, 0.05) is 25.2 Å². The maximum Gasteiger partial charge on any atom is 0.253 e. The maximum absolute atomic E-state index is 12.9. The Morgan fingerprint density at radius 2 is 1.97 bits per heavy atom. The van der Waals surface area contributed by atoms with Crippen LogP contribution in [0.5, 0.6) is 5.75 Å². The van der Waals surface area contributed by atoms with Crippen molar-refractivity contribution in [1.82, 2.24) is 15.5 Å². The summed E-state index contributed by atoms with van der Waals surface area (Å²) in [5, 5.41) is 6.29. The highest BCUT2D eigenvalue weighted by Crippen LogP contribution is 2.20. The van der Waals surface area contributed by atoms with Crippen molar-refractivity contribution in [2.45, 2.75) is 45.6 Å². The van der Waals surface area contributed by atoms with Crippen LogP contribution in [0.1, 0.15) is 49.9 Å². The van der Waals surface area contributed by atoms with E-state index in [1.165, 1.54) is 0 Å². The van der Waals surface area contributed by atoms with Crippen molar-refractivity contribution in [3.63, 3.8) is 0 Å². The number of carbonyl (C=O) groups excluding carboxylic acids is 2. The fraction of sp³-hybridized carbons (Fsp3) is 0.636. The topological polar surface area (TPSA) is 70.7 Å². The fourth-order valence-electron chi connectivity index (χ4n) is 3.83. The van der Waals surface area contributed by atoms with Crippen molar-refractivity contribution in [3.8, 4) is 5.75 Å². The molecule has 6 nitrogen and oxygen atoms in total. The fourth-order valence-corrected chi connectivity index (χ4v) is 3.83. The highest BCUT2D eigenvalue weighted by Gasteiger charge is 2.26. The van der Waals surface area contributed by atoms with Crippen LogP contribution >= 0.6 is 12.4 Å². The summed E-state index contributed by atoms with van der Waals surface area (Å²) in [5.41, 5.74) is 0.691. The van der Waals surface area contributed by atoms with Crippen molar-refractivity contribution in [1.29, 1.82) is 0 Å². The highest BCUT2D eigenvalue weighted by atomic mass is 35.5. The van der Waals surface area contributed by atoms with Crippen molar-refractivity contribution < 1.29 is 14.3 Å². The quantitative estimate of drug-likeness (QED) is 0.707. The van der Waals surface area contributed by atoms with Crippen LogP contribution in [0.15, 0.2) is 24.3 Å². The Labute approximate surface area is 180 Å². The van der Waals surface area contributed by atoms with Crippen LogP contribution in [0.4, 0.5) is 0 Å². The molecule has 2 fully saturated rings. The zero-order chi connectivity index (χ0) is 19.9. The van der Waals surface area contributed by atoms with E-state index in [0.717, 1.165) is 44.5 Å². The van der Waals surface area contributed by atoms with E-state index in [-0.39, 0.29) is 30.3 Å². The van der Waals surface area contributed by atoms with E-state index in [0.29, 0.717) is 37.1 Å². The molecule has 2 saturated heterocycles. The highest BCUT2D eigenvalue weighted by molar-refractivity contribution is 5.94. The van der Waals surface area contributed by atoms with Crippen LogP contribution in [0.2, 0.25) is 0 Å². The van der Waals surface area contributed by atoms with Crippen molar-refractivity contribution in [3.05, 3.63) is 29.8 Å². The van der Waals surface area contributed by atoms with Crippen molar-refractivity contribution >= 4 is 24.2 Å². The van der Waals surface area contributed by atoms with Gasteiger partial charge in [0.1, 0.15) is 5.75 Å². The first-order chi connectivity index (χ1) is 13.5. The number of amides is 2. The number of hydrogen-bond acceptors (Lipinski definition) is 4. The van der Waals surface area contributed by atoms with E-state index in [9.17, 15) is 9.59 Å². The Hall–Kier alpha value is -1.79. The van der Waals surface area contributed by atoms with Crippen LogP contribution in [0.25, 0.3) is 0 Å². The minimum Gasteiger partial charge on any atom is -0.493 e. The van der Waals surface area contributed by atoms with Crippen LogP contribution in [-0.2, 0) is 4.79 Å². The third-order valence-corrected chi connectivity index (χ3v) is 5.43. The first kappa shape index (κ1) is 23.5. The number of nitrogens with zero attached hydrogens (tertiary/aromatic N) is 1. The molecule has 0 aromatic heterocycles. The lowest BCUT2D eigenvalue weighted by Gasteiger charge is -2.33. The first-order valence-corrected chi connectivity index (χ1v) is 10.6. The number of nitrogens with one attached hydrogen (secondary N) is 2. The Kier molecular flexibility index (Phi) is 9.24. The Morgan fingerprint density at radius 3 is 2.62 bits per heavy atom. The van der Waals surface area contributed by atoms with Gasteiger partial charge in [0.15, 0.2) is 0 Å². The predicted octanol–water partition coefficient (Wildman–Crippen LogP) is 2.86. The molecular weight excluding hydrogens is 390 g/mol. The van der Waals surface area contributed by atoms with Gasteiger partial charge in [-0.3, -0.25) is 9.59 Å². The Morgan fingerprint density at radius 1 is 1.21 bits per heavy atom. The summed E-state index contributed by atoms with van der Waals surface area (Å²) < 4.78 is 5.69. The summed E-state index contributed by atoms with van der Waals surface area (Å²) in [6.45, 7) is 7.92. The predicted molar refractivity (Wildman–Crippen MR) is 117 cm³/mol. The van der Waals surface area contributed by atoms with Crippen molar-refractivity contribution in [2.75, 3.05) is 32.8 Å². The zero-order valence-electron chi connectivity index (χ0n) is 17.5. The standard InChI is InChI=1S/C22H33N3O3.ClH/c1-16(2)15-28-19-9-7-18(8-10-19)22(27)25-12-4-5-17(14-25)13-24-21(26)20-6-3-11-23-20;/h7-10,16-17,20,23H,3-6,11-15H2,1-2H3,(H,24,26);1H. The van der Waals surface area contributed by atoms with Gasteiger partial charge in [0.2, 0.25) is 5.91 Å². The number of hydrogen-bond donors (Lipinski definition) is 2. The van der Waals surface area contributed by atoms with E-state index in [1.54, 1.807) is 0 Å². The molecular formula is C22H34ClN3O3. The molecule has 0 spiro atoms. The van der Waals surface area contributed by atoms with Gasteiger partial charge >= 0.3 is 0 Å². The average molecular weight is 424 g/mol. The monoisotopic (exact) mass is 423 g/mol. The van der Waals surface area contributed by atoms with Crippen LogP contribution < -0.4 is 15.4 Å². The van der Waals surface area contributed by atoms with E-state index in [4.69, 9.17) is 4.74 Å². The molecule has 0 radical (unpaired) electrons. The number of ether oxygens (including phenoxy) is 1. The summed E-state index contributed by atoms with van der Waals surface area (Å²) in [4.78, 5) is 27.0. The van der Waals surface area contributed by atoms with Gasteiger partial charge in [-0.2, -0.15) is 0 Å². The molecule has 2 amide bonds. The number of benzene rings is 1. The second-order valence-electron chi connectivity index (χ2n) is 8.38.